The minimum atomic E-state index is 0. The molecule has 0 bridgehead atoms. The van der Waals surface area contributed by atoms with Gasteiger partial charge in [0.2, 0.25) is 5.91 Å². The molecule has 0 aliphatic carbocycles. The van der Waals surface area contributed by atoms with E-state index in [1.54, 1.807) is 0 Å². The largest absolute Gasteiger partial charge is 0.492 e. The molecule has 100 valence electrons. The lowest BCUT2D eigenvalue weighted by Gasteiger charge is -2.09. The second-order valence-corrected chi connectivity index (χ2v) is 4.69. The molecule has 0 saturated heterocycles. The first-order valence-electron chi connectivity index (χ1n) is 5.55. The molecule has 0 fully saturated rings. The minimum absolute atomic E-state index is 0. The number of carbonyl (C=O) groups excluding carboxylic acids is 1. The highest BCUT2D eigenvalue weighted by atomic mass is 35.5. The Balaban J connectivity index is 0.00000162. The molecule has 0 spiro atoms. The van der Waals surface area contributed by atoms with E-state index in [-0.39, 0.29) is 18.3 Å². The van der Waals surface area contributed by atoms with Crippen LogP contribution < -0.4 is 15.4 Å². The van der Waals surface area contributed by atoms with Gasteiger partial charge in [0.25, 0.3) is 0 Å². The summed E-state index contributed by atoms with van der Waals surface area (Å²) in [6.45, 7) is 2.32. The van der Waals surface area contributed by atoms with Crippen molar-refractivity contribution in [2.45, 2.75) is 6.54 Å². The fourth-order valence-electron chi connectivity index (χ4n) is 1.72. The third-order valence-electron chi connectivity index (χ3n) is 2.47. The van der Waals surface area contributed by atoms with Gasteiger partial charge in [-0.25, -0.2) is 0 Å². The lowest BCUT2D eigenvalue weighted by atomic mass is 10.1. The molecule has 0 atom stereocenters. The van der Waals surface area contributed by atoms with Gasteiger partial charge in [-0.2, -0.15) is 11.8 Å². The SMILES string of the molecule is CSCC(=O)Nc1ccc2c(c1)CNCCO2.Cl. The Labute approximate surface area is 117 Å². The molecule has 0 aromatic heterocycles. The van der Waals surface area contributed by atoms with Gasteiger partial charge < -0.3 is 15.4 Å². The maximum atomic E-state index is 11.5. The first kappa shape index (κ1) is 15.1. The minimum Gasteiger partial charge on any atom is -0.492 e. The molecule has 2 N–H and O–H groups in total. The Kier molecular flexibility index (Phi) is 6.32. The van der Waals surface area contributed by atoms with Gasteiger partial charge in [0, 0.05) is 24.3 Å². The summed E-state index contributed by atoms with van der Waals surface area (Å²) in [6.07, 6.45) is 1.91. The van der Waals surface area contributed by atoms with E-state index in [2.05, 4.69) is 10.6 Å². The highest BCUT2D eigenvalue weighted by Gasteiger charge is 2.09. The summed E-state index contributed by atoms with van der Waals surface area (Å²) < 4.78 is 5.58. The average molecular weight is 289 g/mol. The van der Waals surface area contributed by atoms with Crippen LogP contribution in [0.25, 0.3) is 0 Å². The summed E-state index contributed by atoms with van der Waals surface area (Å²) >= 11 is 1.51. The number of thioether (sulfide) groups is 1. The molecule has 1 aliphatic heterocycles. The summed E-state index contributed by atoms with van der Waals surface area (Å²) in [4.78, 5) is 11.5. The molecule has 1 aromatic carbocycles. The Morgan fingerprint density at radius 2 is 2.39 bits per heavy atom. The number of benzene rings is 1. The molecule has 2 rings (SSSR count). The highest BCUT2D eigenvalue weighted by molar-refractivity contribution is 7.99. The second-order valence-electron chi connectivity index (χ2n) is 3.83. The van der Waals surface area contributed by atoms with Crippen LogP contribution in [0.1, 0.15) is 5.56 Å². The molecular formula is C12H17ClN2O2S. The molecule has 1 amide bonds. The van der Waals surface area contributed by atoms with E-state index in [1.165, 1.54) is 11.8 Å². The summed E-state index contributed by atoms with van der Waals surface area (Å²) in [7, 11) is 0. The van der Waals surface area contributed by atoms with E-state index in [0.29, 0.717) is 12.4 Å². The first-order chi connectivity index (χ1) is 8.29. The summed E-state index contributed by atoms with van der Waals surface area (Å²) in [5.74, 6) is 1.41. The topological polar surface area (TPSA) is 50.4 Å². The molecule has 4 nitrogen and oxygen atoms in total. The Hall–Kier alpha value is -0.910. The number of hydrogen-bond donors (Lipinski definition) is 2. The zero-order chi connectivity index (χ0) is 12.1. The van der Waals surface area contributed by atoms with E-state index in [9.17, 15) is 4.79 Å². The van der Waals surface area contributed by atoms with Crippen LogP contribution in [-0.2, 0) is 11.3 Å². The number of carbonyl (C=O) groups is 1. The smallest absolute Gasteiger partial charge is 0.234 e. The predicted octanol–water partition coefficient (Wildman–Crippen LogP) is 1.89. The first-order valence-corrected chi connectivity index (χ1v) is 6.94. The van der Waals surface area contributed by atoms with E-state index in [0.717, 1.165) is 30.1 Å². The Bertz CT molecular complexity index is 415. The van der Waals surface area contributed by atoms with Gasteiger partial charge in [-0.05, 0) is 24.5 Å². The number of fused-ring (bicyclic) bond motifs is 1. The molecule has 0 radical (unpaired) electrons. The highest BCUT2D eigenvalue weighted by Crippen LogP contribution is 2.24. The molecule has 0 unspecified atom stereocenters. The third-order valence-corrected chi connectivity index (χ3v) is 3.02. The van der Waals surface area contributed by atoms with Crippen LogP contribution in [0.2, 0.25) is 0 Å². The summed E-state index contributed by atoms with van der Waals surface area (Å²) in [6, 6.07) is 5.76. The van der Waals surface area contributed by atoms with E-state index < -0.39 is 0 Å². The van der Waals surface area contributed by atoms with Crippen LogP contribution in [0.5, 0.6) is 5.75 Å². The molecule has 6 heteroatoms. The standard InChI is InChI=1S/C12H16N2O2S.ClH/c1-17-8-12(15)14-10-2-3-11-9(6-10)7-13-4-5-16-11;/h2-3,6,13H,4-5,7-8H2,1H3,(H,14,15);1H. The fraction of sp³-hybridized carbons (Fsp3) is 0.417. The normalized spacial score (nSPS) is 13.6. The van der Waals surface area contributed by atoms with Crippen molar-refractivity contribution in [1.29, 1.82) is 0 Å². The van der Waals surface area contributed by atoms with Crippen LogP contribution in [0.15, 0.2) is 18.2 Å². The van der Waals surface area contributed by atoms with Crippen LogP contribution >= 0.6 is 24.2 Å². The fourth-order valence-corrected chi connectivity index (χ4v) is 2.05. The monoisotopic (exact) mass is 288 g/mol. The summed E-state index contributed by atoms with van der Waals surface area (Å²) in [5.41, 5.74) is 1.92. The van der Waals surface area contributed by atoms with Crippen molar-refractivity contribution < 1.29 is 9.53 Å². The number of halogens is 1. The number of nitrogens with one attached hydrogen (secondary N) is 2. The maximum Gasteiger partial charge on any atom is 0.234 e. The maximum absolute atomic E-state index is 11.5. The quantitative estimate of drug-likeness (QED) is 0.892. The zero-order valence-electron chi connectivity index (χ0n) is 10.2. The van der Waals surface area contributed by atoms with E-state index in [1.807, 2.05) is 24.5 Å². The number of amides is 1. The van der Waals surface area contributed by atoms with Crippen molar-refractivity contribution in [3.05, 3.63) is 23.8 Å². The molecule has 1 aromatic rings. The second kappa shape index (κ2) is 7.51. The average Bonchev–Trinajstić information content (AvgIpc) is 2.53. The molecule has 18 heavy (non-hydrogen) atoms. The van der Waals surface area contributed by atoms with Crippen molar-refractivity contribution in [2.75, 3.05) is 30.5 Å². The van der Waals surface area contributed by atoms with Gasteiger partial charge in [-0.3, -0.25) is 4.79 Å². The molecule has 1 heterocycles. The number of ether oxygens (including phenoxy) is 1. The van der Waals surface area contributed by atoms with Crippen molar-refractivity contribution in [1.82, 2.24) is 5.32 Å². The Morgan fingerprint density at radius 1 is 1.56 bits per heavy atom. The molecule has 0 saturated carbocycles. The zero-order valence-corrected chi connectivity index (χ0v) is 11.8. The predicted molar refractivity (Wildman–Crippen MR) is 77.9 cm³/mol. The third kappa shape index (κ3) is 4.08. The van der Waals surface area contributed by atoms with Gasteiger partial charge in [-0.1, -0.05) is 0 Å². The van der Waals surface area contributed by atoms with Crippen LogP contribution in [0.4, 0.5) is 5.69 Å². The number of rotatable bonds is 3. The van der Waals surface area contributed by atoms with E-state index >= 15 is 0 Å². The van der Waals surface area contributed by atoms with Crippen molar-refractivity contribution >= 4 is 35.8 Å². The lowest BCUT2D eigenvalue weighted by Crippen LogP contribution is -2.16. The van der Waals surface area contributed by atoms with Crippen LogP contribution in [-0.4, -0.2) is 31.1 Å². The Morgan fingerprint density at radius 3 is 3.17 bits per heavy atom. The van der Waals surface area contributed by atoms with Crippen molar-refractivity contribution in [3.8, 4) is 5.75 Å². The van der Waals surface area contributed by atoms with Crippen molar-refractivity contribution in [3.63, 3.8) is 0 Å². The van der Waals surface area contributed by atoms with Crippen LogP contribution in [0.3, 0.4) is 0 Å². The molecular weight excluding hydrogens is 272 g/mol. The van der Waals surface area contributed by atoms with Gasteiger partial charge >= 0.3 is 0 Å². The lowest BCUT2D eigenvalue weighted by molar-refractivity contribution is -0.113. The van der Waals surface area contributed by atoms with Gasteiger partial charge in [0.1, 0.15) is 12.4 Å². The van der Waals surface area contributed by atoms with Gasteiger partial charge in [-0.15, -0.1) is 12.4 Å². The summed E-state index contributed by atoms with van der Waals surface area (Å²) in [5, 5.41) is 6.14. The van der Waals surface area contributed by atoms with Crippen LogP contribution in [0, 0.1) is 0 Å². The number of anilines is 1. The number of hydrogen-bond acceptors (Lipinski definition) is 4. The van der Waals surface area contributed by atoms with Crippen molar-refractivity contribution in [2.24, 2.45) is 0 Å². The molecule has 1 aliphatic rings. The van der Waals surface area contributed by atoms with E-state index in [4.69, 9.17) is 4.74 Å². The van der Waals surface area contributed by atoms with Gasteiger partial charge in [0.15, 0.2) is 0 Å². The van der Waals surface area contributed by atoms with Gasteiger partial charge in [0.05, 0.1) is 5.75 Å².